The van der Waals surface area contributed by atoms with Crippen LogP contribution in [0.5, 0.6) is 5.75 Å². The van der Waals surface area contributed by atoms with Gasteiger partial charge in [-0.25, -0.2) is 0 Å². The molecule has 2 aromatic rings. The SMILES string of the molecule is CB(O)N1CCC(Oc2ccc(N)c3ccncc23)CC1. The Balaban J connectivity index is 1.76. The lowest BCUT2D eigenvalue weighted by molar-refractivity contribution is 0.130. The number of hydrogen-bond donors (Lipinski definition) is 2. The van der Waals surface area contributed by atoms with E-state index in [2.05, 4.69) is 9.79 Å². The summed E-state index contributed by atoms with van der Waals surface area (Å²) in [5.74, 6) is 0.836. The molecule has 0 unspecified atom stereocenters. The van der Waals surface area contributed by atoms with E-state index in [1.165, 1.54) is 0 Å². The second-order valence-corrected chi connectivity index (χ2v) is 5.56. The van der Waals surface area contributed by atoms with Crippen LogP contribution >= 0.6 is 0 Å². The highest BCUT2D eigenvalue weighted by atomic mass is 16.5. The molecule has 0 atom stereocenters. The molecule has 0 saturated carbocycles. The third-order valence-electron chi connectivity index (χ3n) is 4.11. The molecule has 0 aliphatic carbocycles. The van der Waals surface area contributed by atoms with Gasteiger partial charge in [-0.2, -0.15) is 0 Å². The molecule has 0 spiro atoms. The fourth-order valence-electron chi connectivity index (χ4n) is 2.84. The predicted molar refractivity (Wildman–Crippen MR) is 85.2 cm³/mol. The summed E-state index contributed by atoms with van der Waals surface area (Å²) in [6.45, 7) is 3.52. The molecule has 0 radical (unpaired) electrons. The number of fused-ring (bicyclic) bond motifs is 1. The first-order chi connectivity index (χ1) is 10.1. The van der Waals surface area contributed by atoms with E-state index < -0.39 is 0 Å². The standard InChI is InChI=1S/C15H20BN3O2/c1-16(20)19-8-5-11(6-9-19)21-15-3-2-14(17)12-4-7-18-10-13(12)15/h2-4,7,10-11,20H,5-6,8-9,17H2,1H3. The van der Waals surface area contributed by atoms with Crippen LogP contribution in [0.25, 0.3) is 10.8 Å². The van der Waals surface area contributed by atoms with Crippen molar-refractivity contribution >= 4 is 23.5 Å². The van der Waals surface area contributed by atoms with Gasteiger partial charge in [-0.3, -0.25) is 4.98 Å². The number of piperidine rings is 1. The van der Waals surface area contributed by atoms with Gasteiger partial charge in [0.25, 0.3) is 0 Å². The van der Waals surface area contributed by atoms with E-state index in [9.17, 15) is 5.02 Å². The number of benzene rings is 1. The number of pyridine rings is 1. The average Bonchev–Trinajstić information content (AvgIpc) is 2.51. The van der Waals surface area contributed by atoms with Gasteiger partial charge in [0.05, 0.1) is 0 Å². The summed E-state index contributed by atoms with van der Waals surface area (Å²) in [6.07, 6.45) is 5.54. The van der Waals surface area contributed by atoms with E-state index in [0.29, 0.717) is 0 Å². The smallest absolute Gasteiger partial charge is 0.376 e. The maximum atomic E-state index is 9.59. The zero-order valence-corrected chi connectivity index (χ0v) is 12.2. The van der Waals surface area contributed by atoms with Crippen LogP contribution in [-0.2, 0) is 0 Å². The van der Waals surface area contributed by atoms with Crippen molar-refractivity contribution < 1.29 is 9.76 Å². The van der Waals surface area contributed by atoms with Crippen LogP contribution in [0.2, 0.25) is 6.82 Å². The lowest BCUT2D eigenvalue weighted by atomic mass is 9.82. The first-order valence-corrected chi connectivity index (χ1v) is 7.36. The van der Waals surface area contributed by atoms with E-state index >= 15 is 0 Å². The van der Waals surface area contributed by atoms with Crippen molar-refractivity contribution in [2.45, 2.75) is 25.8 Å². The van der Waals surface area contributed by atoms with Gasteiger partial charge in [-0.1, -0.05) is 0 Å². The fraction of sp³-hybridized carbons (Fsp3) is 0.400. The van der Waals surface area contributed by atoms with Crippen LogP contribution in [-0.4, -0.2) is 41.1 Å². The van der Waals surface area contributed by atoms with Gasteiger partial charge in [0.15, 0.2) is 0 Å². The van der Waals surface area contributed by atoms with Gasteiger partial charge in [-0.15, -0.1) is 0 Å². The van der Waals surface area contributed by atoms with Crippen LogP contribution in [0.15, 0.2) is 30.6 Å². The zero-order chi connectivity index (χ0) is 14.8. The second-order valence-electron chi connectivity index (χ2n) is 5.56. The quantitative estimate of drug-likeness (QED) is 0.664. The molecule has 6 heteroatoms. The Morgan fingerprint density at radius 3 is 2.76 bits per heavy atom. The topological polar surface area (TPSA) is 71.6 Å². The van der Waals surface area contributed by atoms with Crippen LogP contribution in [0, 0.1) is 0 Å². The van der Waals surface area contributed by atoms with Gasteiger partial charge in [0.2, 0.25) is 0 Å². The normalized spacial score (nSPS) is 17.0. The number of nitrogens with two attached hydrogens (primary N) is 1. The average molecular weight is 285 g/mol. The number of anilines is 1. The summed E-state index contributed by atoms with van der Waals surface area (Å²) >= 11 is 0. The molecular formula is C15H20BN3O2. The van der Waals surface area contributed by atoms with E-state index in [4.69, 9.17) is 10.5 Å². The molecule has 1 aromatic carbocycles. The maximum absolute atomic E-state index is 9.59. The number of ether oxygens (including phenoxy) is 1. The van der Waals surface area contributed by atoms with Gasteiger partial charge >= 0.3 is 7.05 Å². The highest BCUT2D eigenvalue weighted by Gasteiger charge is 2.25. The van der Waals surface area contributed by atoms with Crippen LogP contribution in [0.3, 0.4) is 0 Å². The second kappa shape index (κ2) is 5.91. The van der Waals surface area contributed by atoms with Crippen molar-refractivity contribution in [1.29, 1.82) is 0 Å². The molecule has 3 N–H and O–H groups in total. The van der Waals surface area contributed by atoms with Crippen molar-refractivity contribution in [3.8, 4) is 5.75 Å². The van der Waals surface area contributed by atoms with Gasteiger partial charge in [-0.05, 0) is 51.0 Å². The summed E-state index contributed by atoms with van der Waals surface area (Å²) in [6, 6.07) is 5.70. The summed E-state index contributed by atoms with van der Waals surface area (Å²) in [7, 11) is -0.382. The highest BCUT2D eigenvalue weighted by Crippen LogP contribution is 2.31. The molecule has 1 fully saturated rings. The lowest BCUT2D eigenvalue weighted by Crippen LogP contribution is -2.45. The summed E-state index contributed by atoms with van der Waals surface area (Å²) in [4.78, 5) is 6.22. The number of nitrogen functional groups attached to an aromatic ring is 1. The summed E-state index contributed by atoms with van der Waals surface area (Å²) < 4.78 is 6.15. The number of nitrogens with zero attached hydrogens (tertiary/aromatic N) is 2. The Bertz CT molecular complexity index is 627. The molecule has 2 heterocycles. The van der Waals surface area contributed by atoms with Crippen LogP contribution < -0.4 is 10.5 Å². The third kappa shape index (κ3) is 2.96. The van der Waals surface area contributed by atoms with Gasteiger partial charge in [0.1, 0.15) is 11.9 Å². The molecule has 110 valence electrons. The minimum Gasteiger partial charge on any atom is -0.490 e. The minimum absolute atomic E-state index is 0.173. The van der Waals surface area contributed by atoms with E-state index in [1.54, 1.807) is 19.2 Å². The molecule has 0 amide bonds. The van der Waals surface area contributed by atoms with Crippen molar-refractivity contribution in [1.82, 2.24) is 9.79 Å². The Morgan fingerprint density at radius 2 is 2.05 bits per heavy atom. The monoisotopic (exact) mass is 285 g/mol. The Hall–Kier alpha value is -1.79. The molecule has 1 aliphatic rings. The van der Waals surface area contributed by atoms with Crippen molar-refractivity contribution in [2.24, 2.45) is 0 Å². The van der Waals surface area contributed by atoms with Gasteiger partial charge < -0.3 is 20.3 Å². The highest BCUT2D eigenvalue weighted by molar-refractivity contribution is 6.45. The van der Waals surface area contributed by atoms with E-state index in [-0.39, 0.29) is 13.2 Å². The molecule has 21 heavy (non-hydrogen) atoms. The largest absolute Gasteiger partial charge is 0.490 e. The zero-order valence-electron chi connectivity index (χ0n) is 12.2. The predicted octanol–water partition coefficient (Wildman–Crippen LogP) is 1.77. The number of rotatable bonds is 3. The van der Waals surface area contributed by atoms with Crippen LogP contribution in [0.4, 0.5) is 5.69 Å². The lowest BCUT2D eigenvalue weighted by Gasteiger charge is -2.32. The fourth-order valence-corrected chi connectivity index (χ4v) is 2.84. The van der Waals surface area contributed by atoms with Crippen molar-refractivity contribution in [3.05, 3.63) is 30.6 Å². The van der Waals surface area contributed by atoms with Crippen LogP contribution in [0.1, 0.15) is 12.8 Å². The Labute approximate surface area is 124 Å². The molecule has 1 saturated heterocycles. The molecular weight excluding hydrogens is 265 g/mol. The molecule has 1 aromatic heterocycles. The first kappa shape index (κ1) is 14.2. The van der Waals surface area contributed by atoms with E-state index in [0.717, 1.165) is 48.1 Å². The third-order valence-corrected chi connectivity index (χ3v) is 4.11. The summed E-state index contributed by atoms with van der Waals surface area (Å²) in [5.41, 5.74) is 6.73. The minimum atomic E-state index is -0.382. The molecule has 3 rings (SSSR count). The maximum Gasteiger partial charge on any atom is 0.376 e. The Kier molecular flexibility index (Phi) is 3.99. The summed E-state index contributed by atoms with van der Waals surface area (Å²) in [5, 5.41) is 11.5. The molecule has 1 aliphatic heterocycles. The molecule has 0 bridgehead atoms. The van der Waals surface area contributed by atoms with Crippen molar-refractivity contribution in [3.63, 3.8) is 0 Å². The number of aromatic nitrogens is 1. The molecule has 5 nitrogen and oxygen atoms in total. The Morgan fingerprint density at radius 1 is 1.29 bits per heavy atom. The number of hydrogen-bond acceptors (Lipinski definition) is 5. The van der Waals surface area contributed by atoms with Crippen molar-refractivity contribution in [2.75, 3.05) is 18.8 Å². The first-order valence-electron chi connectivity index (χ1n) is 7.36. The van der Waals surface area contributed by atoms with E-state index in [1.807, 2.05) is 18.2 Å². The van der Waals surface area contributed by atoms with Gasteiger partial charge in [0, 0.05) is 28.9 Å².